The molecule has 6 heteroatoms. The number of aryl methyl sites for hydroxylation is 1. The molecule has 0 bridgehead atoms. The van der Waals surface area contributed by atoms with E-state index < -0.39 is 6.10 Å². The third kappa shape index (κ3) is 4.23. The quantitative estimate of drug-likeness (QED) is 0.879. The Bertz CT molecular complexity index is 578. The van der Waals surface area contributed by atoms with Gasteiger partial charge in [-0.2, -0.15) is 0 Å². The summed E-state index contributed by atoms with van der Waals surface area (Å²) >= 11 is 0. The van der Waals surface area contributed by atoms with E-state index in [0.29, 0.717) is 11.8 Å². The standard InChI is InChI=1S/C19H32N4O2/c1-14(2)12-22-8-4-16(13-22)19(25)23-9-5-15(6-10-23)17(24)18-20-7-11-21(18)3/h7,11,14-17,24H,4-6,8-10,12-13H2,1-3H3. The molecule has 1 amide bonds. The third-order valence-corrected chi connectivity index (χ3v) is 5.67. The number of rotatable bonds is 5. The Morgan fingerprint density at radius 3 is 2.60 bits per heavy atom. The van der Waals surface area contributed by atoms with E-state index in [1.165, 1.54) is 0 Å². The molecule has 1 aromatic rings. The van der Waals surface area contributed by atoms with Crippen LogP contribution >= 0.6 is 0 Å². The highest BCUT2D eigenvalue weighted by Gasteiger charge is 2.35. The SMILES string of the molecule is CC(C)CN1CCC(C(=O)N2CCC(C(O)c3nccn3C)CC2)C1. The second-order valence-electron chi connectivity index (χ2n) is 8.14. The van der Waals surface area contributed by atoms with Crippen molar-refractivity contribution >= 4 is 5.91 Å². The number of imidazole rings is 1. The average Bonchev–Trinajstić information content (AvgIpc) is 3.22. The van der Waals surface area contributed by atoms with Crippen LogP contribution in [0.2, 0.25) is 0 Å². The highest BCUT2D eigenvalue weighted by molar-refractivity contribution is 5.79. The van der Waals surface area contributed by atoms with E-state index in [2.05, 4.69) is 23.7 Å². The van der Waals surface area contributed by atoms with Gasteiger partial charge in [0.25, 0.3) is 0 Å². The molecule has 3 rings (SSSR count). The van der Waals surface area contributed by atoms with Crippen LogP contribution in [0.15, 0.2) is 12.4 Å². The van der Waals surface area contributed by atoms with Gasteiger partial charge in [0.15, 0.2) is 0 Å². The minimum absolute atomic E-state index is 0.162. The van der Waals surface area contributed by atoms with Gasteiger partial charge in [0, 0.05) is 45.6 Å². The molecule has 2 aliphatic rings. The summed E-state index contributed by atoms with van der Waals surface area (Å²) in [5.41, 5.74) is 0. The maximum absolute atomic E-state index is 12.8. The van der Waals surface area contributed by atoms with Gasteiger partial charge in [-0.25, -0.2) is 4.98 Å². The molecule has 0 spiro atoms. The zero-order chi connectivity index (χ0) is 18.0. The zero-order valence-corrected chi connectivity index (χ0v) is 15.8. The molecular weight excluding hydrogens is 316 g/mol. The number of likely N-dealkylation sites (tertiary alicyclic amines) is 2. The van der Waals surface area contributed by atoms with Gasteiger partial charge in [-0.15, -0.1) is 0 Å². The maximum atomic E-state index is 12.8. The van der Waals surface area contributed by atoms with Gasteiger partial charge in [-0.3, -0.25) is 4.79 Å². The molecule has 0 aromatic carbocycles. The molecule has 140 valence electrons. The van der Waals surface area contributed by atoms with Crippen LogP contribution in [0.25, 0.3) is 0 Å². The van der Waals surface area contributed by atoms with Gasteiger partial charge in [0.2, 0.25) is 5.91 Å². The lowest BCUT2D eigenvalue weighted by Gasteiger charge is -2.35. The van der Waals surface area contributed by atoms with Crippen molar-refractivity contribution in [3.05, 3.63) is 18.2 Å². The Kier molecular flexibility index (Phi) is 5.79. The van der Waals surface area contributed by atoms with E-state index in [4.69, 9.17) is 0 Å². The number of aliphatic hydroxyl groups excluding tert-OH is 1. The molecule has 3 heterocycles. The van der Waals surface area contributed by atoms with Crippen LogP contribution in [0.4, 0.5) is 0 Å². The summed E-state index contributed by atoms with van der Waals surface area (Å²) in [6, 6.07) is 0. The molecule has 1 aromatic heterocycles. The number of hydrogen-bond donors (Lipinski definition) is 1. The molecule has 0 saturated carbocycles. The van der Waals surface area contributed by atoms with Crippen molar-refractivity contribution in [3.8, 4) is 0 Å². The van der Waals surface area contributed by atoms with Crippen molar-refractivity contribution in [1.29, 1.82) is 0 Å². The average molecular weight is 348 g/mol. The Labute approximate surface area is 150 Å². The summed E-state index contributed by atoms with van der Waals surface area (Å²) in [5, 5.41) is 10.6. The summed E-state index contributed by atoms with van der Waals surface area (Å²) < 4.78 is 1.88. The maximum Gasteiger partial charge on any atom is 0.227 e. The van der Waals surface area contributed by atoms with Gasteiger partial charge in [-0.1, -0.05) is 13.8 Å². The lowest BCUT2D eigenvalue weighted by molar-refractivity contribution is -0.137. The van der Waals surface area contributed by atoms with E-state index in [0.717, 1.165) is 57.8 Å². The molecule has 2 aliphatic heterocycles. The molecule has 6 nitrogen and oxygen atoms in total. The smallest absolute Gasteiger partial charge is 0.227 e. The van der Waals surface area contributed by atoms with Crippen molar-refractivity contribution < 1.29 is 9.90 Å². The zero-order valence-electron chi connectivity index (χ0n) is 15.8. The molecule has 0 radical (unpaired) electrons. The lowest BCUT2D eigenvalue weighted by atomic mass is 9.90. The summed E-state index contributed by atoms with van der Waals surface area (Å²) in [6.45, 7) is 9.01. The van der Waals surface area contributed by atoms with Gasteiger partial charge in [0.1, 0.15) is 11.9 Å². The monoisotopic (exact) mass is 348 g/mol. The molecule has 2 atom stereocenters. The molecule has 2 fully saturated rings. The predicted molar refractivity (Wildman–Crippen MR) is 96.9 cm³/mol. The number of hydrogen-bond acceptors (Lipinski definition) is 4. The Balaban J connectivity index is 1.49. The topological polar surface area (TPSA) is 61.6 Å². The van der Waals surface area contributed by atoms with Crippen LogP contribution in [-0.4, -0.2) is 63.1 Å². The van der Waals surface area contributed by atoms with Crippen molar-refractivity contribution in [2.45, 2.75) is 39.2 Å². The summed E-state index contributed by atoms with van der Waals surface area (Å²) in [4.78, 5) is 21.5. The van der Waals surface area contributed by atoms with Crippen LogP contribution in [-0.2, 0) is 11.8 Å². The number of amides is 1. The third-order valence-electron chi connectivity index (χ3n) is 5.67. The second kappa shape index (κ2) is 7.87. The number of carbonyl (C=O) groups excluding carboxylic acids is 1. The first-order chi connectivity index (χ1) is 12.0. The first-order valence-corrected chi connectivity index (χ1v) is 9.62. The van der Waals surface area contributed by atoms with Crippen LogP contribution in [0.1, 0.15) is 45.0 Å². The summed E-state index contributed by atoms with van der Waals surface area (Å²) in [6.07, 6.45) is 5.73. The van der Waals surface area contributed by atoms with Gasteiger partial charge < -0.3 is 19.5 Å². The van der Waals surface area contributed by atoms with E-state index in [9.17, 15) is 9.90 Å². The van der Waals surface area contributed by atoms with E-state index in [1.807, 2.05) is 22.7 Å². The van der Waals surface area contributed by atoms with E-state index in [-0.39, 0.29) is 11.8 Å². The lowest BCUT2D eigenvalue weighted by Crippen LogP contribution is -2.43. The van der Waals surface area contributed by atoms with Crippen molar-refractivity contribution in [1.82, 2.24) is 19.4 Å². The fourth-order valence-corrected chi connectivity index (χ4v) is 4.28. The highest BCUT2D eigenvalue weighted by Crippen LogP contribution is 2.31. The molecule has 2 saturated heterocycles. The Hall–Kier alpha value is -1.40. The number of nitrogens with zero attached hydrogens (tertiary/aromatic N) is 4. The second-order valence-corrected chi connectivity index (χ2v) is 8.14. The van der Waals surface area contributed by atoms with Crippen molar-refractivity contribution in [3.63, 3.8) is 0 Å². The number of aromatic nitrogens is 2. The molecule has 1 N–H and O–H groups in total. The summed E-state index contributed by atoms with van der Waals surface area (Å²) in [7, 11) is 1.91. The van der Waals surface area contributed by atoms with Crippen LogP contribution in [0.5, 0.6) is 0 Å². The molecule has 25 heavy (non-hydrogen) atoms. The number of piperidine rings is 1. The van der Waals surface area contributed by atoms with Gasteiger partial charge in [-0.05, 0) is 37.6 Å². The molecule has 2 unspecified atom stereocenters. The van der Waals surface area contributed by atoms with E-state index in [1.54, 1.807) is 6.20 Å². The Morgan fingerprint density at radius 2 is 2.00 bits per heavy atom. The first kappa shape index (κ1) is 18.4. The van der Waals surface area contributed by atoms with Crippen molar-refractivity contribution in [2.75, 3.05) is 32.7 Å². The predicted octanol–water partition coefficient (Wildman–Crippen LogP) is 1.67. The fraction of sp³-hybridized carbons (Fsp3) is 0.789. The van der Waals surface area contributed by atoms with E-state index >= 15 is 0 Å². The normalized spacial score (nSPS) is 24.2. The fourth-order valence-electron chi connectivity index (χ4n) is 4.28. The van der Waals surface area contributed by atoms with Crippen LogP contribution in [0, 0.1) is 17.8 Å². The first-order valence-electron chi connectivity index (χ1n) is 9.62. The van der Waals surface area contributed by atoms with Crippen LogP contribution in [0.3, 0.4) is 0 Å². The highest BCUT2D eigenvalue weighted by atomic mass is 16.3. The van der Waals surface area contributed by atoms with Gasteiger partial charge in [0.05, 0.1) is 5.92 Å². The Morgan fingerprint density at radius 1 is 1.28 bits per heavy atom. The van der Waals surface area contributed by atoms with Crippen molar-refractivity contribution in [2.24, 2.45) is 24.8 Å². The number of aliphatic hydroxyl groups is 1. The number of carbonyl (C=O) groups is 1. The van der Waals surface area contributed by atoms with Gasteiger partial charge >= 0.3 is 0 Å². The minimum Gasteiger partial charge on any atom is -0.385 e. The molecular formula is C19H32N4O2. The summed E-state index contributed by atoms with van der Waals surface area (Å²) in [5.74, 6) is 2.04. The van der Waals surface area contributed by atoms with Crippen LogP contribution < -0.4 is 0 Å². The minimum atomic E-state index is -0.537. The largest absolute Gasteiger partial charge is 0.385 e. The molecule has 0 aliphatic carbocycles.